The number of hydrogen-bond acceptors (Lipinski definition) is 2. The van der Waals surface area contributed by atoms with Gasteiger partial charge in [0.15, 0.2) is 0 Å². The summed E-state index contributed by atoms with van der Waals surface area (Å²) in [5.74, 6) is 0.734. The minimum Gasteiger partial charge on any atom is -0.319 e. The van der Waals surface area contributed by atoms with Gasteiger partial charge in [0.25, 0.3) is 0 Å². The Labute approximate surface area is 79.0 Å². The Hall–Kier alpha value is -0.200. The first-order valence-corrected chi connectivity index (χ1v) is 7.03. The van der Waals surface area contributed by atoms with Crippen molar-refractivity contribution in [3.05, 3.63) is 29.8 Å². The van der Waals surface area contributed by atoms with Crippen molar-refractivity contribution in [2.24, 2.45) is 0 Å². The molecule has 3 heteroatoms. The van der Waals surface area contributed by atoms with Crippen molar-refractivity contribution in [1.82, 2.24) is 0 Å². The van der Waals surface area contributed by atoms with Crippen LogP contribution >= 0.6 is 19.8 Å². The van der Waals surface area contributed by atoms with E-state index in [1.165, 1.54) is 0 Å². The number of rotatable bonds is 2. The average Bonchev–Trinajstić information content (AvgIpc) is 2.03. The van der Waals surface area contributed by atoms with E-state index in [2.05, 4.69) is 12.6 Å². The van der Waals surface area contributed by atoms with Crippen LogP contribution in [0.15, 0.2) is 24.3 Å². The lowest BCUT2D eigenvalue weighted by molar-refractivity contribution is 0.588. The van der Waals surface area contributed by atoms with Crippen LogP contribution in [0.3, 0.4) is 0 Å². The molecule has 0 fully saturated rings. The van der Waals surface area contributed by atoms with Crippen LogP contribution in [0.25, 0.3) is 0 Å². The van der Waals surface area contributed by atoms with Crippen LogP contribution in [-0.2, 0) is 10.3 Å². The van der Waals surface area contributed by atoms with Crippen molar-refractivity contribution in [2.75, 3.05) is 13.3 Å². The molecule has 0 N–H and O–H groups in total. The maximum Gasteiger partial charge on any atom is 0.109 e. The zero-order valence-corrected chi connectivity index (χ0v) is 9.11. The molecule has 0 radical (unpaired) electrons. The number of hydrogen-bond donors (Lipinski definition) is 1. The zero-order chi connectivity index (χ0) is 9.19. The number of benzene rings is 1. The van der Waals surface area contributed by atoms with Crippen molar-refractivity contribution < 1.29 is 4.57 Å². The third kappa shape index (κ3) is 2.40. The lowest BCUT2D eigenvalue weighted by atomic mass is 10.2. The van der Waals surface area contributed by atoms with Gasteiger partial charge >= 0.3 is 0 Å². The summed E-state index contributed by atoms with van der Waals surface area (Å²) in [6, 6.07) is 7.79. The molecule has 66 valence electrons. The van der Waals surface area contributed by atoms with Crippen molar-refractivity contribution in [2.45, 2.75) is 5.75 Å². The van der Waals surface area contributed by atoms with Gasteiger partial charge in [-0.3, -0.25) is 0 Å². The summed E-state index contributed by atoms with van der Waals surface area (Å²) >= 11 is 4.15. The second-order valence-corrected chi connectivity index (χ2v) is 6.71. The molecule has 0 amide bonds. The molecule has 0 atom stereocenters. The monoisotopic (exact) mass is 200 g/mol. The lowest BCUT2D eigenvalue weighted by Crippen LogP contribution is -2.01. The molecule has 0 heterocycles. The molecule has 1 aromatic carbocycles. The Balaban J connectivity index is 3.01. The maximum absolute atomic E-state index is 11.6. The molecule has 0 unspecified atom stereocenters. The van der Waals surface area contributed by atoms with E-state index in [9.17, 15) is 4.57 Å². The minimum absolute atomic E-state index is 0.734. The highest BCUT2D eigenvalue weighted by atomic mass is 32.1. The van der Waals surface area contributed by atoms with Crippen LogP contribution in [0, 0.1) is 0 Å². The van der Waals surface area contributed by atoms with Crippen LogP contribution in [0.1, 0.15) is 5.56 Å². The standard InChI is InChI=1S/C9H13OPS/c1-11(2,10)9-5-3-8(7-12)4-6-9/h3-6,12H,7H2,1-2H3. The first-order valence-electron chi connectivity index (χ1n) is 3.79. The van der Waals surface area contributed by atoms with E-state index in [0.717, 1.165) is 16.6 Å². The Bertz CT molecular complexity index is 299. The summed E-state index contributed by atoms with van der Waals surface area (Å²) in [4.78, 5) is 0. The molecule has 0 aliphatic carbocycles. The predicted molar refractivity (Wildman–Crippen MR) is 58.2 cm³/mol. The normalized spacial score (nSPS) is 11.6. The fraction of sp³-hybridized carbons (Fsp3) is 0.333. The second kappa shape index (κ2) is 3.68. The summed E-state index contributed by atoms with van der Waals surface area (Å²) in [7, 11) is -2.07. The molecule has 1 nitrogen and oxygen atoms in total. The van der Waals surface area contributed by atoms with Gasteiger partial charge in [-0.05, 0) is 18.9 Å². The molecule has 0 spiro atoms. The fourth-order valence-electron chi connectivity index (χ4n) is 0.960. The van der Waals surface area contributed by atoms with E-state index < -0.39 is 7.14 Å². The Morgan fingerprint density at radius 2 is 1.75 bits per heavy atom. The van der Waals surface area contributed by atoms with Gasteiger partial charge < -0.3 is 4.57 Å². The minimum atomic E-state index is -2.07. The van der Waals surface area contributed by atoms with E-state index in [-0.39, 0.29) is 0 Å². The topological polar surface area (TPSA) is 17.1 Å². The molecule has 0 bridgehead atoms. The van der Waals surface area contributed by atoms with Gasteiger partial charge in [0.05, 0.1) is 0 Å². The van der Waals surface area contributed by atoms with Gasteiger partial charge in [-0.15, -0.1) is 0 Å². The quantitative estimate of drug-likeness (QED) is 0.573. The molecule has 0 aliphatic heterocycles. The summed E-state index contributed by atoms with van der Waals surface area (Å²) in [5.41, 5.74) is 1.16. The van der Waals surface area contributed by atoms with Gasteiger partial charge in [-0.1, -0.05) is 24.3 Å². The second-order valence-electron chi connectivity index (χ2n) is 3.18. The molecule has 0 saturated carbocycles. The number of thiol groups is 1. The van der Waals surface area contributed by atoms with E-state index >= 15 is 0 Å². The summed E-state index contributed by atoms with van der Waals surface area (Å²) in [5, 5.41) is 0.938. The SMILES string of the molecule is CP(C)(=O)c1ccc(CS)cc1. The molecule has 0 aliphatic rings. The largest absolute Gasteiger partial charge is 0.319 e. The predicted octanol–water partition coefficient (Wildman–Crippen LogP) is 2.36. The summed E-state index contributed by atoms with van der Waals surface area (Å²) < 4.78 is 11.6. The van der Waals surface area contributed by atoms with Gasteiger partial charge in [-0.2, -0.15) is 12.6 Å². The van der Waals surface area contributed by atoms with Gasteiger partial charge in [0, 0.05) is 11.1 Å². The van der Waals surface area contributed by atoms with Gasteiger partial charge in [0.2, 0.25) is 0 Å². The maximum atomic E-state index is 11.6. The molecule has 0 aromatic heterocycles. The van der Waals surface area contributed by atoms with Crippen molar-refractivity contribution in [3.8, 4) is 0 Å². The van der Waals surface area contributed by atoms with E-state index in [1.807, 2.05) is 24.3 Å². The van der Waals surface area contributed by atoms with Crippen LogP contribution < -0.4 is 5.30 Å². The first kappa shape index (κ1) is 9.88. The highest BCUT2D eigenvalue weighted by Crippen LogP contribution is 2.34. The smallest absolute Gasteiger partial charge is 0.109 e. The summed E-state index contributed by atoms with van der Waals surface area (Å²) in [6.07, 6.45) is 0. The highest BCUT2D eigenvalue weighted by Gasteiger charge is 2.09. The van der Waals surface area contributed by atoms with E-state index in [0.29, 0.717) is 0 Å². The van der Waals surface area contributed by atoms with Crippen LogP contribution in [0.4, 0.5) is 0 Å². The van der Waals surface area contributed by atoms with Crippen molar-refractivity contribution in [1.29, 1.82) is 0 Å². The van der Waals surface area contributed by atoms with Crippen LogP contribution in [0.2, 0.25) is 0 Å². The van der Waals surface area contributed by atoms with Crippen LogP contribution in [0.5, 0.6) is 0 Å². The highest BCUT2D eigenvalue weighted by molar-refractivity contribution is 7.79. The molecule has 1 aromatic rings. The summed E-state index contributed by atoms with van der Waals surface area (Å²) in [6.45, 7) is 3.56. The third-order valence-corrected chi connectivity index (χ3v) is 3.65. The lowest BCUT2D eigenvalue weighted by Gasteiger charge is -2.06. The van der Waals surface area contributed by atoms with Crippen molar-refractivity contribution in [3.63, 3.8) is 0 Å². The molecule has 12 heavy (non-hydrogen) atoms. The third-order valence-electron chi connectivity index (χ3n) is 1.74. The Morgan fingerprint density at radius 3 is 2.08 bits per heavy atom. The average molecular weight is 200 g/mol. The molecular formula is C9H13OPS. The van der Waals surface area contributed by atoms with E-state index in [1.54, 1.807) is 13.3 Å². The Morgan fingerprint density at radius 1 is 1.25 bits per heavy atom. The van der Waals surface area contributed by atoms with Crippen LogP contribution in [-0.4, -0.2) is 13.3 Å². The van der Waals surface area contributed by atoms with Gasteiger partial charge in [0.1, 0.15) is 7.14 Å². The molecular weight excluding hydrogens is 187 g/mol. The molecule has 0 saturated heterocycles. The fourth-order valence-corrected chi connectivity index (χ4v) is 2.04. The zero-order valence-electron chi connectivity index (χ0n) is 7.32. The Kier molecular flexibility index (Phi) is 3.03. The van der Waals surface area contributed by atoms with E-state index in [4.69, 9.17) is 0 Å². The van der Waals surface area contributed by atoms with Gasteiger partial charge in [-0.25, -0.2) is 0 Å². The first-order chi connectivity index (χ1) is 5.54. The molecule has 1 rings (SSSR count). The van der Waals surface area contributed by atoms with Crippen molar-refractivity contribution >= 4 is 25.1 Å².